The Balaban J connectivity index is 1.66. The Kier molecular flexibility index (Phi) is 5.34. The smallest absolute Gasteiger partial charge is 0.293 e. The Morgan fingerprint density at radius 3 is 2.69 bits per heavy atom. The first-order valence-corrected chi connectivity index (χ1v) is 10.0. The molecule has 0 N–H and O–H groups in total. The minimum absolute atomic E-state index is 0.240. The fourth-order valence-electron chi connectivity index (χ4n) is 3.33. The Morgan fingerprint density at radius 1 is 1.17 bits per heavy atom. The average Bonchev–Trinajstić information content (AvgIpc) is 3.21. The molecule has 3 heterocycles. The number of carbonyl (C=O) groups excluding carboxylic acids is 1. The number of fused-ring (bicyclic) bond motifs is 1. The normalized spacial score (nSPS) is 12.8. The van der Waals surface area contributed by atoms with E-state index in [9.17, 15) is 9.59 Å². The summed E-state index contributed by atoms with van der Waals surface area (Å²) in [5, 5.41) is 1.08. The molecule has 6 nitrogen and oxygen atoms in total. The van der Waals surface area contributed by atoms with E-state index in [1.165, 1.54) is 15.2 Å². The minimum atomic E-state index is -0.338. The van der Waals surface area contributed by atoms with E-state index < -0.39 is 0 Å². The van der Waals surface area contributed by atoms with Gasteiger partial charge in [0.1, 0.15) is 10.8 Å². The lowest BCUT2D eigenvalue weighted by Crippen LogP contribution is -2.27. The standard InChI is InChI=1S/C20H15Cl3N4O2/c1-2-27-17(19(28)13-4-3-11(21)7-14(13)22)10-26(20(27)29)9-12-8-16-15(24-12)5-6-18(23)25-16/h3-7,10H,2,8-9H2,1H3. The fourth-order valence-corrected chi connectivity index (χ4v) is 3.99. The lowest BCUT2D eigenvalue weighted by molar-refractivity contribution is 0.103. The van der Waals surface area contributed by atoms with Gasteiger partial charge in [-0.05, 0) is 37.3 Å². The highest BCUT2D eigenvalue weighted by Crippen LogP contribution is 2.27. The van der Waals surface area contributed by atoms with E-state index in [1.807, 2.05) is 0 Å². The van der Waals surface area contributed by atoms with Crippen LogP contribution in [0.5, 0.6) is 0 Å². The molecule has 148 valence electrons. The van der Waals surface area contributed by atoms with Gasteiger partial charge in [-0.3, -0.25) is 18.9 Å². The summed E-state index contributed by atoms with van der Waals surface area (Å²) in [5.41, 5.74) is 2.56. The van der Waals surface area contributed by atoms with Crippen LogP contribution in [0.2, 0.25) is 15.2 Å². The zero-order chi connectivity index (χ0) is 20.7. The van der Waals surface area contributed by atoms with Gasteiger partial charge in [0.15, 0.2) is 0 Å². The fraction of sp³-hybridized carbons (Fsp3) is 0.200. The van der Waals surface area contributed by atoms with E-state index in [2.05, 4.69) is 9.98 Å². The molecule has 0 amide bonds. The van der Waals surface area contributed by atoms with Gasteiger partial charge in [0.2, 0.25) is 5.78 Å². The van der Waals surface area contributed by atoms with Crippen LogP contribution < -0.4 is 5.69 Å². The van der Waals surface area contributed by atoms with Crippen molar-refractivity contribution in [2.75, 3.05) is 0 Å². The van der Waals surface area contributed by atoms with Crippen molar-refractivity contribution in [1.82, 2.24) is 14.1 Å². The van der Waals surface area contributed by atoms with E-state index in [1.54, 1.807) is 37.4 Å². The molecule has 0 saturated heterocycles. The van der Waals surface area contributed by atoms with Crippen LogP contribution >= 0.6 is 34.8 Å². The second-order valence-electron chi connectivity index (χ2n) is 6.58. The first-order chi connectivity index (χ1) is 13.9. The number of pyridine rings is 1. The van der Waals surface area contributed by atoms with Crippen molar-refractivity contribution in [2.24, 2.45) is 4.99 Å². The van der Waals surface area contributed by atoms with Crippen molar-refractivity contribution < 1.29 is 4.79 Å². The Hall–Kier alpha value is -2.41. The summed E-state index contributed by atoms with van der Waals surface area (Å²) in [6.07, 6.45) is 2.05. The topological polar surface area (TPSA) is 69.2 Å². The molecule has 0 atom stereocenters. The van der Waals surface area contributed by atoms with Gasteiger partial charge in [-0.1, -0.05) is 34.8 Å². The third kappa shape index (κ3) is 3.75. The predicted octanol–water partition coefficient (Wildman–Crippen LogP) is 4.58. The van der Waals surface area contributed by atoms with E-state index in [0.717, 1.165) is 17.1 Å². The maximum Gasteiger partial charge on any atom is 0.329 e. The quantitative estimate of drug-likeness (QED) is 0.423. The van der Waals surface area contributed by atoms with Gasteiger partial charge in [0.05, 0.1) is 22.9 Å². The van der Waals surface area contributed by atoms with Crippen molar-refractivity contribution in [2.45, 2.75) is 26.4 Å². The first kappa shape index (κ1) is 19.9. The molecule has 0 fully saturated rings. The van der Waals surface area contributed by atoms with Crippen molar-refractivity contribution in [3.8, 4) is 0 Å². The van der Waals surface area contributed by atoms with Gasteiger partial charge in [-0.25, -0.2) is 9.78 Å². The van der Waals surface area contributed by atoms with Crippen LogP contribution in [0.15, 0.2) is 46.3 Å². The molecule has 29 heavy (non-hydrogen) atoms. The third-order valence-electron chi connectivity index (χ3n) is 4.69. The lowest BCUT2D eigenvalue weighted by atomic mass is 10.1. The Morgan fingerprint density at radius 2 is 1.97 bits per heavy atom. The van der Waals surface area contributed by atoms with Gasteiger partial charge in [-0.15, -0.1) is 0 Å². The van der Waals surface area contributed by atoms with Crippen molar-refractivity contribution in [3.63, 3.8) is 0 Å². The highest BCUT2D eigenvalue weighted by molar-refractivity contribution is 6.37. The number of aromatic nitrogens is 3. The predicted molar refractivity (Wildman–Crippen MR) is 114 cm³/mol. The molecule has 2 aromatic heterocycles. The summed E-state index contributed by atoms with van der Waals surface area (Å²) in [4.78, 5) is 34.7. The molecule has 3 aromatic rings. The van der Waals surface area contributed by atoms with Crippen molar-refractivity contribution >= 4 is 52.0 Å². The number of carbonyl (C=O) groups is 1. The molecule has 0 radical (unpaired) electrons. The van der Waals surface area contributed by atoms with Crippen LogP contribution in [0.1, 0.15) is 28.7 Å². The highest BCUT2D eigenvalue weighted by Gasteiger charge is 2.23. The summed E-state index contributed by atoms with van der Waals surface area (Å²) in [5.74, 6) is -0.338. The maximum atomic E-state index is 13.0. The third-order valence-corrected chi connectivity index (χ3v) is 5.45. The Labute approximate surface area is 181 Å². The number of rotatable bonds is 5. The monoisotopic (exact) mass is 448 g/mol. The maximum absolute atomic E-state index is 13.0. The van der Waals surface area contributed by atoms with Gasteiger partial charge in [-0.2, -0.15) is 0 Å². The number of ketones is 1. The molecule has 0 spiro atoms. The molecule has 1 aliphatic heterocycles. The van der Waals surface area contributed by atoms with E-state index >= 15 is 0 Å². The highest BCUT2D eigenvalue weighted by atomic mass is 35.5. The summed E-state index contributed by atoms with van der Waals surface area (Å²) in [7, 11) is 0. The average molecular weight is 450 g/mol. The molecule has 0 saturated carbocycles. The first-order valence-electron chi connectivity index (χ1n) is 8.89. The SMILES string of the molecule is CCn1c(C(=O)c2ccc(Cl)cc2Cl)cn(CC2=Nc3ccc(Cl)nc3C2)c1=O. The zero-order valence-electron chi connectivity index (χ0n) is 15.3. The zero-order valence-corrected chi connectivity index (χ0v) is 17.6. The number of benzene rings is 1. The lowest BCUT2D eigenvalue weighted by Gasteiger charge is -2.05. The molecular weight excluding hydrogens is 435 g/mol. The molecule has 9 heteroatoms. The van der Waals surface area contributed by atoms with Crippen molar-refractivity contribution in [3.05, 3.63) is 79.2 Å². The van der Waals surface area contributed by atoms with Crippen LogP contribution in [-0.2, 0) is 19.5 Å². The number of aliphatic imine (C=N–C) groups is 1. The van der Waals surface area contributed by atoms with Gasteiger partial charge < -0.3 is 0 Å². The summed E-state index contributed by atoms with van der Waals surface area (Å²) >= 11 is 18.0. The molecule has 0 unspecified atom stereocenters. The van der Waals surface area contributed by atoms with Gasteiger partial charge in [0, 0.05) is 35.5 Å². The number of hydrogen-bond donors (Lipinski definition) is 0. The van der Waals surface area contributed by atoms with E-state index in [4.69, 9.17) is 34.8 Å². The van der Waals surface area contributed by atoms with Crippen molar-refractivity contribution in [1.29, 1.82) is 0 Å². The van der Waals surface area contributed by atoms with Gasteiger partial charge >= 0.3 is 5.69 Å². The van der Waals surface area contributed by atoms with Crippen LogP contribution in [-0.4, -0.2) is 25.6 Å². The van der Waals surface area contributed by atoms with Gasteiger partial charge in [0.25, 0.3) is 0 Å². The van der Waals surface area contributed by atoms with Crippen LogP contribution in [0.4, 0.5) is 5.69 Å². The molecule has 1 aromatic carbocycles. The van der Waals surface area contributed by atoms with Crippen LogP contribution in [0.3, 0.4) is 0 Å². The summed E-state index contributed by atoms with van der Waals surface area (Å²) in [6, 6.07) is 8.13. The molecule has 0 aliphatic carbocycles. The largest absolute Gasteiger partial charge is 0.329 e. The van der Waals surface area contributed by atoms with E-state index in [-0.39, 0.29) is 28.7 Å². The molecular formula is C20H15Cl3N4O2. The molecule has 0 bridgehead atoms. The number of hydrogen-bond acceptors (Lipinski definition) is 4. The second-order valence-corrected chi connectivity index (χ2v) is 7.81. The van der Waals surface area contributed by atoms with Crippen LogP contribution in [0.25, 0.3) is 0 Å². The second kappa shape index (κ2) is 7.78. The number of nitrogens with zero attached hydrogens (tertiary/aromatic N) is 4. The minimum Gasteiger partial charge on any atom is -0.293 e. The molecule has 4 rings (SSSR count). The summed E-state index contributed by atoms with van der Waals surface area (Å²) < 4.78 is 2.90. The number of imidazole rings is 1. The summed E-state index contributed by atoms with van der Waals surface area (Å²) in [6.45, 7) is 2.41. The van der Waals surface area contributed by atoms with Crippen LogP contribution in [0, 0.1) is 0 Å². The molecule has 1 aliphatic rings. The number of halogens is 3. The Bertz CT molecular complexity index is 1230. The van der Waals surface area contributed by atoms with E-state index in [0.29, 0.717) is 28.7 Å².